The smallest absolute Gasteiger partial charge is 0.323 e. The Balaban J connectivity index is 2.40. The van der Waals surface area contributed by atoms with Gasteiger partial charge in [-0.2, -0.15) is 0 Å². The van der Waals surface area contributed by atoms with Crippen LogP contribution < -0.4 is 5.32 Å². The van der Waals surface area contributed by atoms with Crippen molar-refractivity contribution in [1.82, 2.24) is 10.2 Å². The van der Waals surface area contributed by atoms with E-state index in [0.29, 0.717) is 25.7 Å². The van der Waals surface area contributed by atoms with Gasteiger partial charge in [0, 0.05) is 25.2 Å². The minimum Gasteiger partial charge on any atom is -0.467 e. The van der Waals surface area contributed by atoms with Gasteiger partial charge in [0.05, 0.1) is 6.10 Å². The van der Waals surface area contributed by atoms with Crippen LogP contribution in [0.1, 0.15) is 40.5 Å². The summed E-state index contributed by atoms with van der Waals surface area (Å²) >= 11 is 0. The summed E-state index contributed by atoms with van der Waals surface area (Å²) in [6.45, 7) is 10.4. The average Bonchev–Trinajstić information content (AvgIpc) is 2.85. The van der Waals surface area contributed by atoms with Gasteiger partial charge >= 0.3 is 5.97 Å². The Hall–Kier alpha value is -1.14. The molecule has 122 valence electrons. The summed E-state index contributed by atoms with van der Waals surface area (Å²) in [5, 5.41) is 3.35. The Bertz CT molecular complexity index is 334. The highest BCUT2D eigenvalue weighted by atomic mass is 16.5. The topological polar surface area (TPSA) is 67.9 Å². The molecule has 0 amide bonds. The highest BCUT2D eigenvalue weighted by Crippen LogP contribution is 2.16. The Morgan fingerprint density at radius 3 is 2.62 bits per heavy atom. The summed E-state index contributed by atoms with van der Waals surface area (Å²) in [6.07, 6.45) is 1.69. The lowest BCUT2D eigenvalue weighted by molar-refractivity contribution is -0.149. The van der Waals surface area contributed by atoms with Crippen LogP contribution in [0.15, 0.2) is 0 Å². The zero-order valence-electron chi connectivity index (χ0n) is 13.5. The molecule has 1 fully saturated rings. The molecule has 0 bridgehead atoms. The highest BCUT2D eigenvalue weighted by Gasteiger charge is 2.31. The van der Waals surface area contributed by atoms with E-state index in [9.17, 15) is 9.59 Å². The van der Waals surface area contributed by atoms with E-state index in [1.165, 1.54) is 0 Å². The van der Waals surface area contributed by atoms with Gasteiger partial charge in [0.2, 0.25) is 0 Å². The van der Waals surface area contributed by atoms with Gasteiger partial charge in [-0.05, 0) is 40.5 Å². The maximum Gasteiger partial charge on any atom is 0.323 e. The van der Waals surface area contributed by atoms with Crippen molar-refractivity contribution in [3.63, 3.8) is 0 Å². The maximum absolute atomic E-state index is 11.9. The van der Waals surface area contributed by atoms with Gasteiger partial charge in [0.15, 0.2) is 0 Å². The lowest BCUT2D eigenvalue weighted by Gasteiger charge is -2.29. The molecule has 0 aliphatic carbocycles. The average molecular weight is 300 g/mol. The van der Waals surface area contributed by atoms with Crippen molar-refractivity contribution >= 4 is 12.4 Å². The standard InChI is InChI=1S/C15H28N2O4/c1-11(2)17(7-8-20-10-18)9-13-5-6-14(16-13)15(19)21-12(3)4/h10-14,16H,5-9H2,1-4H3. The number of hydrogen-bond donors (Lipinski definition) is 1. The fourth-order valence-electron chi connectivity index (χ4n) is 2.52. The first kappa shape index (κ1) is 17.9. The van der Waals surface area contributed by atoms with E-state index >= 15 is 0 Å². The lowest BCUT2D eigenvalue weighted by Crippen LogP contribution is -2.46. The molecule has 0 aromatic carbocycles. The van der Waals surface area contributed by atoms with E-state index in [-0.39, 0.29) is 24.2 Å². The first-order valence-corrected chi connectivity index (χ1v) is 7.69. The van der Waals surface area contributed by atoms with Gasteiger partial charge < -0.3 is 14.8 Å². The predicted molar refractivity (Wildman–Crippen MR) is 79.9 cm³/mol. The summed E-state index contributed by atoms with van der Waals surface area (Å²) in [6, 6.07) is 0.440. The zero-order valence-corrected chi connectivity index (χ0v) is 13.5. The van der Waals surface area contributed by atoms with Crippen LogP contribution in [0, 0.1) is 0 Å². The van der Waals surface area contributed by atoms with Crippen molar-refractivity contribution in [2.75, 3.05) is 19.7 Å². The second kappa shape index (κ2) is 9.00. The molecule has 0 aromatic heterocycles. The molecule has 1 heterocycles. The minimum atomic E-state index is -0.197. The monoisotopic (exact) mass is 300 g/mol. The van der Waals surface area contributed by atoms with Gasteiger partial charge in [-0.25, -0.2) is 0 Å². The van der Waals surface area contributed by atoms with Crippen LogP contribution >= 0.6 is 0 Å². The maximum atomic E-state index is 11.9. The second-order valence-electron chi connectivity index (χ2n) is 6.03. The fourth-order valence-corrected chi connectivity index (χ4v) is 2.52. The zero-order chi connectivity index (χ0) is 15.8. The van der Waals surface area contributed by atoms with Crippen molar-refractivity contribution < 1.29 is 19.1 Å². The third kappa shape index (κ3) is 6.44. The Morgan fingerprint density at radius 2 is 2.05 bits per heavy atom. The third-order valence-electron chi connectivity index (χ3n) is 3.63. The van der Waals surface area contributed by atoms with Crippen LogP contribution in [0.2, 0.25) is 0 Å². The number of rotatable bonds is 9. The van der Waals surface area contributed by atoms with Crippen molar-refractivity contribution in [3.05, 3.63) is 0 Å². The largest absolute Gasteiger partial charge is 0.467 e. The predicted octanol–water partition coefficient (Wildman–Crippen LogP) is 0.942. The van der Waals surface area contributed by atoms with E-state index in [1.54, 1.807) is 0 Å². The van der Waals surface area contributed by atoms with Crippen molar-refractivity contribution in [2.24, 2.45) is 0 Å². The summed E-state index contributed by atoms with van der Waals surface area (Å²) < 4.78 is 10.0. The first-order chi connectivity index (χ1) is 9.93. The normalized spacial score (nSPS) is 22.0. The minimum absolute atomic E-state index is 0.0778. The molecular formula is C15H28N2O4. The van der Waals surface area contributed by atoms with E-state index < -0.39 is 0 Å². The molecule has 1 rings (SSSR count). The number of hydrogen-bond acceptors (Lipinski definition) is 6. The van der Waals surface area contributed by atoms with Gasteiger partial charge in [-0.1, -0.05) is 0 Å². The second-order valence-corrected chi connectivity index (χ2v) is 6.03. The van der Waals surface area contributed by atoms with E-state index in [0.717, 1.165) is 19.4 Å². The highest BCUT2D eigenvalue weighted by molar-refractivity contribution is 5.76. The van der Waals surface area contributed by atoms with Crippen molar-refractivity contribution in [2.45, 2.75) is 64.8 Å². The number of ether oxygens (including phenoxy) is 2. The van der Waals surface area contributed by atoms with Gasteiger partial charge in [0.25, 0.3) is 6.47 Å². The molecule has 0 spiro atoms. The van der Waals surface area contributed by atoms with E-state index in [4.69, 9.17) is 9.47 Å². The van der Waals surface area contributed by atoms with E-state index in [2.05, 4.69) is 24.1 Å². The Morgan fingerprint density at radius 1 is 1.33 bits per heavy atom. The molecule has 0 aromatic rings. The summed E-state index contributed by atoms with van der Waals surface area (Å²) in [7, 11) is 0. The molecule has 1 aliphatic heterocycles. The summed E-state index contributed by atoms with van der Waals surface area (Å²) in [5.74, 6) is -0.159. The molecule has 1 aliphatic rings. The van der Waals surface area contributed by atoms with Gasteiger partial charge in [-0.15, -0.1) is 0 Å². The number of nitrogens with zero attached hydrogens (tertiary/aromatic N) is 1. The molecule has 6 nitrogen and oxygen atoms in total. The Labute approximate surface area is 127 Å². The Kier molecular flexibility index (Phi) is 7.67. The third-order valence-corrected chi connectivity index (χ3v) is 3.63. The van der Waals surface area contributed by atoms with Crippen molar-refractivity contribution in [3.8, 4) is 0 Å². The summed E-state index contributed by atoms with van der Waals surface area (Å²) in [5.41, 5.74) is 0. The van der Waals surface area contributed by atoms with Crippen molar-refractivity contribution in [1.29, 1.82) is 0 Å². The van der Waals surface area contributed by atoms with Crippen LogP contribution in [0.4, 0.5) is 0 Å². The van der Waals surface area contributed by atoms with Gasteiger partial charge in [-0.3, -0.25) is 14.5 Å². The van der Waals surface area contributed by atoms with Gasteiger partial charge in [0.1, 0.15) is 12.6 Å². The molecule has 0 radical (unpaired) electrons. The number of esters is 1. The molecule has 6 heteroatoms. The van der Waals surface area contributed by atoms with Crippen LogP contribution in [0.5, 0.6) is 0 Å². The summed E-state index contributed by atoms with van der Waals surface area (Å²) in [4.78, 5) is 24.3. The molecule has 1 N–H and O–H groups in total. The SMILES string of the molecule is CC(C)OC(=O)C1CCC(CN(CCOC=O)C(C)C)N1. The van der Waals surface area contributed by atoms with Crippen LogP contribution in [0.3, 0.4) is 0 Å². The quantitative estimate of drug-likeness (QED) is 0.388. The molecule has 0 saturated carbocycles. The van der Waals surface area contributed by atoms with Crippen LogP contribution in [-0.4, -0.2) is 61.3 Å². The molecule has 1 saturated heterocycles. The number of nitrogens with one attached hydrogen (secondary N) is 1. The lowest BCUT2D eigenvalue weighted by atomic mass is 10.1. The van der Waals surface area contributed by atoms with Crippen LogP contribution in [0.25, 0.3) is 0 Å². The fraction of sp³-hybridized carbons (Fsp3) is 0.867. The number of carbonyl (C=O) groups is 2. The first-order valence-electron chi connectivity index (χ1n) is 7.69. The molecule has 21 heavy (non-hydrogen) atoms. The molecular weight excluding hydrogens is 272 g/mol. The molecule has 2 unspecified atom stereocenters. The van der Waals surface area contributed by atoms with E-state index in [1.807, 2.05) is 13.8 Å². The van der Waals surface area contributed by atoms with Crippen LogP contribution in [-0.2, 0) is 19.1 Å². The number of carbonyl (C=O) groups excluding carboxylic acids is 2. The molecule has 2 atom stereocenters.